The molecular formula is C13H18N2O3S. The van der Waals surface area contributed by atoms with Crippen LogP contribution in [0.1, 0.15) is 13.3 Å². The van der Waals surface area contributed by atoms with Gasteiger partial charge in [0, 0.05) is 17.5 Å². The molecule has 0 spiro atoms. The van der Waals surface area contributed by atoms with Crippen LogP contribution in [0.25, 0.3) is 0 Å². The van der Waals surface area contributed by atoms with E-state index in [9.17, 15) is 4.79 Å². The van der Waals surface area contributed by atoms with Crippen molar-refractivity contribution in [2.45, 2.75) is 18.2 Å². The van der Waals surface area contributed by atoms with Gasteiger partial charge in [-0.3, -0.25) is 0 Å². The number of hydrogen-bond donors (Lipinski definition) is 2. The SMILES string of the molecule is CCCNC(=O)Nc1cc2c(cc1SC)OCCO2. The molecule has 0 saturated heterocycles. The molecule has 0 saturated carbocycles. The van der Waals surface area contributed by atoms with Crippen LogP contribution in [0.4, 0.5) is 10.5 Å². The van der Waals surface area contributed by atoms with Gasteiger partial charge in [-0.05, 0) is 18.7 Å². The number of rotatable bonds is 4. The summed E-state index contributed by atoms with van der Waals surface area (Å²) >= 11 is 1.56. The van der Waals surface area contributed by atoms with Gasteiger partial charge in [-0.15, -0.1) is 11.8 Å². The van der Waals surface area contributed by atoms with Crippen molar-refractivity contribution in [1.82, 2.24) is 5.32 Å². The molecule has 1 aromatic carbocycles. The summed E-state index contributed by atoms with van der Waals surface area (Å²) in [6.07, 6.45) is 2.87. The van der Waals surface area contributed by atoms with E-state index in [1.54, 1.807) is 11.8 Å². The predicted molar refractivity (Wildman–Crippen MR) is 76.5 cm³/mol. The molecule has 5 nitrogen and oxygen atoms in total. The minimum atomic E-state index is -0.200. The summed E-state index contributed by atoms with van der Waals surface area (Å²) in [5.74, 6) is 1.41. The maximum absolute atomic E-state index is 11.7. The van der Waals surface area contributed by atoms with Gasteiger partial charge in [-0.2, -0.15) is 0 Å². The summed E-state index contributed by atoms with van der Waals surface area (Å²) in [4.78, 5) is 12.7. The van der Waals surface area contributed by atoms with Crippen LogP contribution in [-0.2, 0) is 0 Å². The number of urea groups is 1. The summed E-state index contributed by atoms with van der Waals surface area (Å²) in [6, 6.07) is 3.51. The third-order valence-electron chi connectivity index (χ3n) is 2.65. The second kappa shape index (κ2) is 6.56. The Bertz CT molecular complexity index is 465. The monoisotopic (exact) mass is 282 g/mol. The first kappa shape index (κ1) is 13.9. The number of carbonyl (C=O) groups excluding carboxylic acids is 1. The molecule has 0 bridgehead atoms. The third-order valence-corrected chi connectivity index (χ3v) is 3.43. The topological polar surface area (TPSA) is 59.6 Å². The number of nitrogens with one attached hydrogen (secondary N) is 2. The molecule has 1 aromatic rings. The fourth-order valence-electron chi connectivity index (χ4n) is 1.74. The Morgan fingerprint density at radius 2 is 2.00 bits per heavy atom. The predicted octanol–water partition coefficient (Wildman–Crippen LogP) is 2.71. The average Bonchev–Trinajstić information content (AvgIpc) is 2.44. The molecule has 0 unspecified atom stereocenters. The van der Waals surface area contributed by atoms with Crippen molar-refractivity contribution in [1.29, 1.82) is 0 Å². The van der Waals surface area contributed by atoms with Crippen LogP contribution in [-0.4, -0.2) is 32.0 Å². The number of amides is 2. The van der Waals surface area contributed by atoms with Gasteiger partial charge in [0.25, 0.3) is 0 Å². The number of carbonyl (C=O) groups is 1. The Hall–Kier alpha value is -1.56. The number of thioether (sulfide) groups is 1. The van der Waals surface area contributed by atoms with Crippen molar-refractivity contribution >= 4 is 23.5 Å². The van der Waals surface area contributed by atoms with Crippen molar-refractivity contribution in [3.8, 4) is 11.5 Å². The fourth-order valence-corrected chi connectivity index (χ4v) is 2.30. The van der Waals surface area contributed by atoms with E-state index in [2.05, 4.69) is 10.6 Å². The third kappa shape index (κ3) is 3.47. The van der Waals surface area contributed by atoms with Gasteiger partial charge in [0.1, 0.15) is 13.2 Å². The first-order valence-corrected chi connectivity index (χ1v) is 7.49. The van der Waals surface area contributed by atoms with E-state index in [-0.39, 0.29) is 6.03 Å². The zero-order valence-corrected chi connectivity index (χ0v) is 11.9. The van der Waals surface area contributed by atoms with Crippen molar-refractivity contribution in [3.05, 3.63) is 12.1 Å². The summed E-state index contributed by atoms with van der Waals surface area (Å²) in [7, 11) is 0. The van der Waals surface area contributed by atoms with Crippen LogP contribution in [0.15, 0.2) is 17.0 Å². The molecule has 104 valence electrons. The highest BCUT2D eigenvalue weighted by molar-refractivity contribution is 7.98. The lowest BCUT2D eigenvalue weighted by Gasteiger charge is -2.21. The van der Waals surface area contributed by atoms with E-state index < -0.39 is 0 Å². The van der Waals surface area contributed by atoms with Crippen molar-refractivity contribution in [3.63, 3.8) is 0 Å². The van der Waals surface area contributed by atoms with Gasteiger partial charge in [0.05, 0.1) is 5.69 Å². The van der Waals surface area contributed by atoms with Gasteiger partial charge >= 0.3 is 6.03 Å². The molecule has 0 radical (unpaired) electrons. The van der Waals surface area contributed by atoms with E-state index in [0.29, 0.717) is 25.5 Å². The normalized spacial score (nSPS) is 12.9. The highest BCUT2D eigenvalue weighted by Gasteiger charge is 2.16. The fraction of sp³-hybridized carbons (Fsp3) is 0.462. The van der Waals surface area contributed by atoms with Gasteiger partial charge in [0.2, 0.25) is 0 Å². The molecule has 0 atom stereocenters. The van der Waals surface area contributed by atoms with Crippen LogP contribution < -0.4 is 20.1 Å². The van der Waals surface area contributed by atoms with E-state index >= 15 is 0 Å². The van der Waals surface area contributed by atoms with Crippen LogP contribution >= 0.6 is 11.8 Å². The second-order valence-corrected chi connectivity index (χ2v) is 4.93. The highest BCUT2D eigenvalue weighted by Crippen LogP contribution is 2.39. The number of benzene rings is 1. The minimum Gasteiger partial charge on any atom is -0.486 e. The first-order valence-electron chi connectivity index (χ1n) is 6.27. The standard InChI is InChI=1S/C13H18N2O3S/c1-3-4-14-13(16)15-9-7-10-11(8-12(9)19-2)18-6-5-17-10/h7-8H,3-6H2,1-2H3,(H2,14,15,16). The largest absolute Gasteiger partial charge is 0.486 e. The quantitative estimate of drug-likeness (QED) is 0.834. The smallest absolute Gasteiger partial charge is 0.319 e. The summed E-state index contributed by atoms with van der Waals surface area (Å²) in [5, 5.41) is 5.62. The first-order chi connectivity index (χ1) is 9.24. The van der Waals surface area contributed by atoms with Crippen LogP contribution in [0.5, 0.6) is 11.5 Å². The molecule has 0 aliphatic carbocycles. The van der Waals surface area contributed by atoms with Crippen molar-refractivity contribution in [2.24, 2.45) is 0 Å². The Morgan fingerprint density at radius 1 is 1.32 bits per heavy atom. The lowest BCUT2D eigenvalue weighted by atomic mass is 10.2. The van der Waals surface area contributed by atoms with Gasteiger partial charge in [-0.1, -0.05) is 6.92 Å². The molecule has 1 aliphatic heterocycles. The van der Waals surface area contributed by atoms with Crippen molar-refractivity contribution in [2.75, 3.05) is 31.3 Å². The zero-order valence-electron chi connectivity index (χ0n) is 11.1. The van der Waals surface area contributed by atoms with Crippen molar-refractivity contribution < 1.29 is 14.3 Å². The lowest BCUT2D eigenvalue weighted by Crippen LogP contribution is -2.29. The zero-order chi connectivity index (χ0) is 13.7. The molecule has 0 aromatic heterocycles. The van der Waals surface area contributed by atoms with Crippen LogP contribution in [0.3, 0.4) is 0 Å². The number of anilines is 1. The van der Waals surface area contributed by atoms with E-state index in [4.69, 9.17) is 9.47 Å². The second-order valence-electron chi connectivity index (χ2n) is 4.08. The molecule has 1 aliphatic rings. The Balaban J connectivity index is 2.16. The van der Waals surface area contributed by atoms with E-state index in [0.717, 1.165) is 22.8 Å². The summed E-state index contributed by atoms with van der Waals surface area (Å²) in [6.45, 7) is 3.76. The Labute approximate surface area is 117 Å². The molecule has 19 heavy (non-hydrogen) atoms. The molecule has 2 rings (SSSR count). The summed E-state index contributed by atoms with van der Waals surface area (Å²) in [5.41, 5.74) is 0.741. The molecule has 0 fully saturated rings. The maximum atomic E-state index is 11.7. The molecular weight excluding hydrogens is 264 g/mol. The molecule has 1 heterocycles. The average molecular weight is 282 g/mol. The Morgan fingerprint density at radius 3 is 2.63 bits per heavy atom. The van der Waals surface area contributed by atoms with Gasteiger partial charge in [0.15, 0.2) is 11.5 Å². The molecule has 2 N–H and O–H groups in total. The van der Waals surface area contributed by atoms with Gasteiger partial charge in [-0.25, -0.2) is 4.79 Å². The number of fused-ring (bicyclic) bond motifs is 1. The van der Waals surface area contributed by atoms with E-state index in [1.807, 2.05) is 25.3 Å². The summed E-state index contributed by atoms with van der Waals surface area (Å²) < 4.78 is 11.0. The number of hydrogen-bond acceptors (Lipinski definition) is 4. The number of ether oxygens (including phenoxy) is 2. The molecule has 6 heteroatoms. The van der Waals surface area contributed by atoms with Gasteiger partial charge < -0.3 is 20.1 Å². The Kier molecular flexibility index (Phi) is 4.79. The lowest BCUT2D eigenvalue weighted by molar-refractivity contribution is 0.171. The van der Waals surface area contributed by atoms with Crippen LogP contribution in [0.2, 0.25) is 0 Å². The highest BCUT2D eigenvalue weighted by atomic mass is 32.2. The van der Waals surface area contributed by atoms with E-state index in [1.165, 1.54) is 0 Å². The maximum Gasteiger partial charge on any atom is 0.319 e. The van der Waals surface area contributed by atoms with Crippen LogP contribution in [0, 0.1) is 0 Å². The minimum absolute atomic E-state index is 0.200. The molecule has 2 amide bonds.